The summed E-state index contributed by atoms with van der Waals surface area (Å²) in [7, 11) is -4.65. The Kier molecular flexibility index (Phi) is 3.26. The Labute approximate surface area is 76.0 Å². The SMILES string of the molecule is C[Si](C)(OC(=O)C(F)(F)F)C(F)(F)F. The first-order chi connectivity index (χ1) is 5.88. The molecule has 0 saturated heterocycles. The number of rotatable bonds is 1. The van der Waals surface area contributed by atoms with Crippen molar-refractivity contribution in [1.29, 1.82) is 0 Å². The van der Waals surface area contributed by atoms with Crippen molar-refractivity contribution in [1.82, 2.24) is 0 Å². The first-order valence-corrected chi connectivity index (χ1v) is 6.15. The summed E-state index contributed by atoms with van der Waals surface area (Å²) in [5.41, 5.74) is 0. The Bertz CT molecular complexity index is 229. The molecular formula is C5H6F6O2Si. The quantitative estimate of drug-likeness (QED) is 0.519. The molecule has 0 radical (unpaired) electrons. The Morgan fingerprint density at radius 2 is 1.43 bits per heavy atom. The van der Waals surface area contributed by atoms with Gasteiger partial charge in [-0.2, -0.15) is 26.3 Å². The minimum Gasteiger partial charge on any atom is -0.503 e. The molecule has 0 aliphatic heterocycles. The molecule has 14 heavy (non-hydrogen) atoms. The number of hydrogen-bond acceptors (Lipinski definition) is 2. The van der Waals surface area contributed by atoms with Gasteiger partial charge in [0.15, 0.2) is 0 Å². The van der Waals surface area contributed by atoms with E-state index in [1.165, 1.54) is 0 Å². The zero-order valence-corrected chi connectivity index (χ0v) is 8.08. The van der Waals surface area contributed by atoms with E-state index in [9.17, 15) is 31.1 Å². The van der Waals surface area contributed by atoms with Crippen molar-refractivity contribution in [2.24, 2.45) is 0 Å². The lowest BCUT2D eigenvalue weighted by Gasteiger charge is -2.25. The molecule has 0 aromatic heterocycles. The molecule has 0 heterocycles. The van der Waals surface area contributed by atoms with Crippen molar-refractivity contribution in [2.75, 3.05) is 0 Å². The summed E-state index contributed by atoms with van der Waals surface area (Å²) in [5, 5.41) is 0. The molecule has 0 spiro atoms. The fourth-order valence-electron chi connectivity index (χ4n) is 0.347. The van der Waals surface area contributed by atoms with E-state index < -0.39 is 26.3 Å². The largest absolute Gasteiger partial charge is 0.503 e. The molecule has 0 saturated carbocycles. The van der Waals surface area contributed by atoms with Gasteiger partial charge >= 0.3 is 26.3 Å². The molecule has 0 bridgehead atoms. The number of alkyl halides is 6. The average Bonchev–Trinajstić information content (AvgIpc) is 1.80. The van der Waals surface area contributed by atoms with Gasteiger partial charge < -0.3 is 4.43 Å². The van der Waals surface area contributed by atoms with Crippen LogP contribution in [-0.2, 0) is 9.22 Å². The van der Waals surface area contributed by atoms with Crippen molar-refractivity contribution in [3.05, 3.63) is 0 Å². The maximum atomic E-state index is 12.0. The van der Waals surface area contributed by atoms with Crippen LogP contribution in [0.1, 0.15) is 0 Å². The second-order valence-corrected chi connectivity index (χ2v) is 6.69. The van der Waals surface area contributed by atoms with Crippen LogP contribution in [0.3, 0.4) is 0 Å². The first kappa shape index (κ1) is 13.3. The summed E-state index contributed by atoms with van der Waals surface area (Å²) in [6.45, 7) is 0.938. The van der Waals surface area contributed by atoms with Gasteiger partial charge in [-0.15, -0.1) is 0 Å². The summed E-state index contributed by atoms with van der Waals surface area (Å²) in [6, 6.07) is 0. The lowest BCUT2D eigenvalue weighted by molar-refractivity contribution is -0.193. The van der Waals surface area contributed by atoms with Gasteiger partial charge in [0, 0.05) is 0 Å². The molecule has 0 aromatic carbocycles. The molecule has 0 aliphatic carbocycles. The van der Waals surface area contributed by atoms with Gasteiger partial charge in [-0.25, -0.2) is 4.79 Å². The van der Waals surface area contributed by atoms with Crippen LogP contribution in [0.4, 0.5) is 26.3 Å². The van der Waals surface area contributed by atoms with Gasteiger partial charge in [-0.05, 0) is 13.1 Å². The predicted molar refractivity (Wildman–Crippen MR) is 35.7 cm³/mol. The highest BCUT2D eigenvalue weighted by Gasteiger charge is 2.57. The molecule has 0 N–H and O–H groups in total. The Balaban J connectivity index is 4.62. The van der Waals surface area contributed by atoms with Crippen molar-refractivity contribution in [2.45, 2.75) is 25.1 Å². The summed E-state index contributed by atoms with van der Waals surface area (Å²) in [5.74, 6) is -7.71. The van der Waals surface area contributed by atoms with Crippen molar-refractivity contribution >= 4 is 14.3 Å². The number of carbonyl (C=O) groups is 1. The Morgan fingerprint density at radius 3 is 1.64 bits per heavy atom. The van der Waals surface area contributed by atoms with E-state index in [1.54, 1.807) is 0 Å². The molecule has 0 rings (SSSR count). The van der Waals surface area contributed by atoms with E-state index >= 15 is 0 Å². The van der Waals surface area contributed by atoms with Crippen molar-refractivity contribution < 1.29 is 35.6 Å². The molecule has 0 aromatic rings. The summed E-state index contributed by atoms with van der Waals surface area (Å²) in [6.07, 6.45) is -5.39. The number of carbonyl (C=O) groups excluding carboxylic acids is 1. The van der Waals surface area contributed by atoms with Gasteiger partial charge in [-0.3, -0.25) is 0 Å². The molecule has 9 heteroatoms. The molecule has 84 valence electrons. The van der Waals surface area contributed by atoms with Crippen LogP contribution in [0.25, 0.3) is 0 Å². The maximum absolute atomic E-state index is 12.0. The first-order valence-electron chi connectivity index (χ1n) is 3.25. The third-order valence-corrected chi connectivity index (χ3v) is 3.32. The van der Waals surface area contributed by atoms with Crippen LogP contribution in [0.2, 0.25) is 13.1 Å². The zero-order valence-electron chi connectivity index (χ0n) is 7.08. The fraction of sp³-hybridized carbons (Fsp3) is 0.800. The van der Waals surface area contributed by atoms with Gasteiger partial charge in [0.2, 0.25) is 0 Å². The van der Waals surface area contributed by atoms with Crippen LogP contribution < -0.4 is 0 Å². The summed E-state index contributed by atoms with van der Waals surface area (Å²) >= 11 is 0. The number of hydrogen-bond donors (Lipinski definition) is 0. The molecule has 0 atom stereocenters. The predicted octanol–water partition coefficient (Wildman–Crippen LogP) is 2.40. The minimum atomic E-state index is -5.39. The molecule has 0 aliphatic rings. The maximum Gasteiger partial charge on any atom is 0.489 e. The minimum absolute atomic E-state index is 0.469. The lowest BCUT2D eigenvalue weighted by atomic mass is 10.7. The topological polar surface area (TPSA) is 26.3 Å². The van der Waals surface area contributed by atoms with E-state index in [4.69, 9.17) is 0 Å². The van der Waals surface area contributed by atoms with E-state index in [0.717, 1.165) is 0 Å². The van der Waals surface area contributed by atoms with Gasteiger partial charge in [0.1, 0.15) is 0 Å². The molecule has 2 nitrogen and oxygen atoms in total. The van der Waals surface area contributed by atoms with Crippen LogP contribution in [0.15, 0.2) is 0 Å². The van der Waals surface area contributed by atoms with Gasteiger partial charge in [0.05, 0.1) is 0 Å². The van der Waals surface area contributed by atoms with Crippen LogP contribution >= 0.6 is 0 Å². The standard InChI is InChI=1S/C5H6F6O2Si/c1-14(2,5(9,10)11)13-3(12)4(6,7)8/h1-2H3. The molecule has 0 fully saturated rings. The second-order valence-electron chi connectivity index (χ2n) is 2.90. The third-order valence-electron chi connectivity index (χ3n) is 1.26. The van der Waals surface area contributed by atoms with Gasteiger partial charge in [-0.1, -0.05) is 0 Å². The van der Waals surface area contributed by atoms with Gasteiger partial charge in [0.25, 0.3) is 0 Å². The van der Waals surface area contributed by atoms with E-state index in [0.29, 0.717) is 13.1 Å². The normalized spacial score (nSPS) is 14.0. The fourth-order valence-corrected chi connectivity index (χ4v) is 1.04. The lowest BCUT2D eigenvalue weighted by Crippen LogP contribution is -2.51. The van der Waals surface area contributed by atoms with Crippen LogP contribution in [0.5, 0.6) is 0 Å². The van der Waals surface area contributed by atoms with E-state index in [-0.39, 0.29) is 0 Å². The smallest absolute Gasteiger partial charge is 0.489 e. The average molecular weight is 240 g/mol. The Hall–Kier alpha value is -0.733. The van der Waals surface area contributed by atoms with Crippen molar-refractivity contribution in [3.8, 4) is 0 Å². The highest BCUT2D eigenvalue weighted by molar-refractivity contribution is 6.74. The number of halogens is 6. The summed E-state index contributed by atoms with van der Waals surface area (Å²) < 4.78 is 74.1. The Morgan fingerprint density at radius 1 is 1.07 bits per heavy atom. The summed E-state index contributed by atoms with van der Waals surface area (Å²) in [4.78, 5) is 10.1. The third kappa shape index (κ3) is 3.20. The second kappa shape index (κ2) is 3.44. The highest BCUT2D eigenvalue weighted by atomic mass is 28.4. The molecule has 0 amide bonds. The van der Waals surface area contributed by atoms with E-state index in [2.05, 4.69) is 4.43 Å². The van der Waals surface area contributed by atoms with Crippen molar-refractivity contribution in [3.63, 3.8) is 0 Å². The monoisotopic (exact) mass is 240 g/mol. The van der Waals surface area contributed by atoms with Crippen LogP contribution in [0, 0.1) is 0 Å². The van der Waals surface area contributed by atoms with E-state index in [1.807, 2.05) is 0 Å². The van der Waals surface area contributed by atoms with Crippen LogP contribution in [-0.4, -0.2) is 26.3 Å². The highest BCUT2D eigenvalue weighted by Crippen LogP contribution is 2.31. The molecule has 0 unspecified atom stereocenters. The zero-order chi connectivity index (χ0) is 11.8. The molecular weight excluding hydrogens is 234 g/mol.